The van der Waals surface area contributed by atoms with Crippen molar-refractivity contribution in [1.82, 2.24) is 9.55 Å². The highest BCUT2D eigenvalue weighted by Crippen LogP contribution is 2.06. The lowest BCUT2D eigenvalue weighted by Crippen LogP contribution is -1.98. The van der Waals surface area contributed by atoms with E-state index >= 15 is 0 Å². The highest BCUT2D eigenvalue weighted by Gasteiger charge is 2.01. The average molecular weight is 180 g/mol. The van der Waals surface area contributed by atoms with E-state index < -0.39 is 0 Å². The van der Waals surface area contributed by atoms with Gasteiger partial charge in [-0.1, -0.05) is 26.7 Å². The Morgan fingerprint density at radius 1 is 1.31 bits per heavy atom. The van der Waals surface area contributed by atoms with Gasteiger partial charge in [0.05, 0.1) is 5.69 Å². The van der Waals surface area contributed by atoms with Gasteiger partial charge in [-0.05, 0) is 19.8 Å². The van der Waals surface area contributed by atoms with E-state index in [4.69, 9.17) is 0 Å². The first-order chi connectivity index (χ1) is 6.27. The number of nitrogens with zero attached hydrogens (tertiary/aromatic N) is 2. The van der Waals surface area contributed by atoms with Gasteiger partial charge in [0.25, 0.3) is 0 Å². The number of hydrogen-bond acceptors (Lipinski definition) is 1. The number of aryl methyl sites for hydroxylation is 3. The molecule has 0 saturated heterocycles. The van der Waals surface area contributed by atoms with E-state index in [2.05, 4.69) is 36.5 Å². The highest BCUT2D eigenvalue weighted by atomic mass is 15.1. The molecule has 2 nitrogen and oxygen atoms in total. The van der Waals surface area contributed by atoms with Crippen LogP contribution < -0.4 is 0 Å². The smallest absolute Gasteiger partial charge is 0.105 e. The molecule has 1 aromatic rings. The summed E-state index contributed by atoms with van der Waals surface area (Å²) < 4.78 is 2.27. The van der Waals surface area contributed by atoms with Gasteiger partial charge in [0.2, 0.25) is 0 Å². The van der Waals surface area contributed by atoms with E-state index in [1.165, 1.54) is 25.0 Å². The van der Waals surface area contributed by atoms with Gasteiger partial charge in [-0.25, -0.2) is 4.98 Å². The molecular weight excluding hydrogens is 160 g/mol. The van der Waals surface area contributed by atoms with E-state index in [1.54, 1.807) is 0 Å². The maximum Gasteiger partial charge on any atom is 0.105 e. The fourth-order valence-electron chi connectivity index (χ4n) is 1.51. The van der Waals surface area contributed by atoms with Gasteiger partial charge in [0.1, 0.15) is 5.82 Å². The number of hydrogen-bond donors (Lipinski definition) is 0. The average Bonchev–Trinajstić information content (AvgIpc) is 2.44. The highest BCUT2D eigenvalue weighted by molar-refractivity contribution is 5.02. The first-order valence-electron chi connectivity index (χ1n) is 5.30. The molecule has 0 spiro atoms. The normalized spacial score (nSPS) is 10.7. The molecule has 13 heavy (non-hydrogen) atoms. The lowest BCUT2D eigenvalue weighted by atomic mass is 10.3. The molecule has 0 unspecified atom stereocenters. The lowest BCUT2D eigenvalue weighted by Gasteiger charge is -2.01. The van der Waals surface area contributed by atoms with Gasteiger partial charge in [-0.2, -0.15) is 0 Å². The van der Waals surface area contributed by atoms with E-state index in [1.807, 2.05) is 0 Å². The molecule has 0 aromatic carbocycles. The van der Waals surface area contributed by atoms with Crippen molar-refractivity contribution < 1.29 is 0 Å². The summed E-state index contributed by atoms with van der Waals surface area (Å²) in [6, 6.07) is 0. The van der Waals surface area contributed by atoms with E-state index in [-0.39, 0.29) is 0 Å². The zero-order valence-electron chi connectivity index (χ0n) is 9.01. The Kier molecular flexibility index (Phi) is 4.00. The third kappa shape index (κ3) is 2.87. The summed E-state index contributed by atoms with van der Waals surface area (Å²) in [5.41, 5.74) is 1.25. The van der Waals surface area contributed by atoms with Gasteiger partial charge in [-0.15, -0.1) is 0 Å². The molecule has 0 N–H and O–H groups in total. The standard InChI is InChI=1S/C11H20N2/c1-4-6-8-13-9-11(7-5-2)12-10(13)3/h9H,4-8H2,1-3H3. The molecule has 74 valence electrons. The molecule has 0 aliphatic carbocycles. The molecule has 0 amide bonds. The summed E-state index contributed by atoms with van der Waals surface area (Å²) >= 11 is 0. The van der Waals surface area contributed by atoms with Crippen LogP contribution in [0.2, 0.25) is 0 Å². The second kappa shape index (κ2) is 5.05. The molecule has 0 radical (unpaired) electrons. The molecule has 1 aromatic heterocycles. The number of rotatable bonds is 5. The number of aromatic nitrogens is 2. The van der Waals surface area contributed by atoms with Gasteiger partial charge in [0.15, 0.2) is 0 Å². The van der Waals surface area contributed by atoms with E-state index in [0.29, 0.717) is 0 Å². The minimum absolute atomic E-state index is 1.11. The van der Waals surface area contributed by atoms with Gasteiger partial charge in [-0.3, -0.25) is 0 Å². The second-order valence-electron chi connectivity index (χ2n) is 3.58. The van der Waals surface area contributed by atoms with Crippen molar-refractivity contribution >= 4 is 0 Å². The predicted molar refractivity (Wildman–Crippen MR) is 55.9 cm³/mol. The van der Waals surface area contributed by atoms with Crippen LogP contribution in [0.15, 0.2) is 6.20 Å². The van der Waals surface area contributed by atoms with Crippen LogP contribution >= 0.6 is 0 Å². The first-order valence-corrected chi connectivity index (χ1v) is 5.30. The fourth-order valence-corrected chi connectivity index (χ4v) is 1.51. The summed E-state index contributed by atoms with van der Waals surface area (Å²) in [5.74, 6) is 1.16. The third-order valence-electron chi connectivity index (χ3n) is 2.28. The molecule has 1 rings (SSSR count). The Hall–Kier alpha value is -0.790. The predicted octanol–water partition coefficient (Wildman–Crippen LogP) is 2.94. The van der Waals surface area contributed by atoms with Crippen molar-refractivity contribution in [2.75, 3.05) is 0 Å². The van der Waals surface area contributed by atoms with Crippen molar-refractivity contribution in [1.29, 1.82) is 0 Å². The van der Waals surface area contributed by atoms with Crippen LogP contribution in [0.4, 0.5) is 0 Å². The van der Waals surface area contributed by atoms with Gasteiger partial charge >= 0.3 is 0 Å². The molecule has 0 saturated carbocycles. The Balaban J connectivity index is 2.60. The molecule has 0 atom stereocenters. The third-order valence-corrected chi connectivity index (χ3v) is 2.28. The van der Waals surface area contributed by atoms with Crippen molar-refractivity contribution in [3.63, 3.8) is 0 Å². The zero-order chi connectivity index (χ0) is 9.68. The van der Waals surface area contributed by atoms with Crippen LogP contribution in [-0.2, 0) is 13.0 Å². The van der Waals surface area contributed by atoms with Gasteiger partial charge in [0, 0.05) is 12.7 Å². The summed E-state index contributed by atoms with van der Waals surface area (Å²) in [7, 11) is 0. The summed E-state index contributed by atoms with van der Waals surface area (Å²) in [5, 5.41) is 0. The van der Waals surface area contributed by atoms with Crippen molar-refractivity contribution in [2.24, 2.45) is 0 Å². The lowest BCUT2D eigenvalue weighted by molar-refractivity contribution is 0.616. The summed E-state index contributed by atoms with van der Waals surface area (Å²) in [4.78, 5) is 4.52. The summed E-state index contributed by atoms with van der Waals surface area (Å²) in [6.07, 6.45) is 7.00. The Morgan fingerprint density at radius 3 is 2.69 bits per heavy atom. The molecule has 0 bridgehead atoms. The Bertz CT molecular complexity index is 251. The maximum atomic E-state index is 4.52. The quantitative estimate of drug-likeness (QED) is 0.681. The van der Waals surface area contributed by atoms with Crippen LogP contribution in [0.25, 0.3) is 0 Å². The van der Waals surface area contributed by atoms with Crippen LogP contribution in [0.3, 0.4) is 0 Å². The Labute approximate surface area is 81.0 Å². The molecule has 1 heterocycles. The molecule has 0 aliphatic heterocycles. The van der Waals surface area contributed by atoms with E-state index in [0.717, 1.165) is 18.8 Å². The molecular formula is C11H20N2. The minimum atomic E-state index is 1.11. The topological polar surface area (TPSA) is 17.8 Å². The molecule has 2 heteroatoms. The van der Waals surface area contributed by atoms with E-state index in [9.17, 15) is 0 Å². The number of imidazole rings is 1. The largest absolute Gasteiger partial charge is 0.335 e. The van der Waals surface area contributed by atoms with Crippen molar-refractivity contribution in [2.45, 2.75) is 53.0 Å². The SMILES string of the molecule is CCCCn1cc(CCC)nc1C. The minimum Gasteiger partial charge on any atom is -0.335 e. The maximum absolute atomic E-state index is 4.52. The Morgan fingerprint density at radius 2 is 2.08 bits per heavy atom. The monoisotopic (exact) mass is 180 g/mol. The summed E-state index contributed by atoms with van der Waals surface area (Å²) in [6.45, 7) is 7.63. The first kappa shape index (κ1) is 10.3. The van der Waals surface area contributed by atoms with Crippen LogP contribution in [-0.4, -0.2) is 9.55 Å². The van der Waals surface area contributed by atoms with Crippen LogP contribution in [0.5, 0.6) is 0 Å². The van der Waals surface area contributed by atoms with Crippen molar-refractivity contribution in [3.8, 4) is 0 Å². The van der Waals surface area contributed by atoms with Crippen molar-refractivity contribution in [3.05, 3.63) is 17.7 Å². The van der Waals surface area contributed by atoms with Crippen LogP contribution in [0.1, 0.15) is 44.6 Å². The molecule has 0 aliphatic rings. The van der Waals surface area contributed by atoms with Crippen LogP contribution in [0, 0.1) is 6.92 Å². The fraction of sp³-hybridized carbons (Fsp3) is 0.727. The zero-order valence-corrected chi connectivity index (χ0v) is 9.01. The second-order valence-corrected chi connectivity index (χ2v) is 3.58. The van der Waals surface area contributed by atoms with Gasteiger partial charge < -0.3 is 4.57 Å². The molecule has 0 fully saturated rings. The number of unbranched alkanes of at least 4 members (excludes halogenated alkanes) is 1.